The number of hydrogen-bond donors (Lipinski definition) is 1. The maximum Gasteiger partial charge on any atom is 0.241 e. The number of anilines is 2. The van der Waals surface area contributed by atoms with Crippen LogP contribution in [0.4, 0.5) is 11.5 Å². The van der Waals surface area contributed by atoms with Crippen molar-refractivity contribution in [3.8, 4) is 0 Å². The van der Waals surface area contributed by atoms with E-state index in [1.54, 1.807) is 28.6 Å². The Hall–Kier alpha value is -1.72. The number of amides is 1. The smallest absolute Gasteiger partial charge is 0.241 e. The summed E-state index contributed by atoms with van der Waals surface area (Å²) in [6.07, 6.45) is 0. The monoisotopic (exact) mass is 225 g/mol. The van der Waals surface area contributed by atoms with E-state index in [1.807, 2.05) is 21.0 Å². The molecule has 16 heavy (non-hydrogen) atoms. The van der Waals surface area contributed by atoms with Crippen LogP contribution in [0.1, 0.15) is 5.69 Å². The Bertz CT molecular complexity index is 396. The lowest BCUT2D eigenvalue weighted by atomic mass is 10.3. The average Bonchev–Trinajstić information content (AvgIpc) is 2.40. The second kappa shape index (κ2) is 4.42. The predicted molar refractivity (Wildman–Crippen MR) is 64.3 cm³/mol. The summed E-state index contributed by atoms with van der Waals surface area (Å²) >= 11 is 0. The number of aryl methyl sites for hydroxylation is 2. The molecule has 6 heteroatoms. The molecule has 0 aromatic carbocycles. The number of carbonyl (C=O) groups is 1. The van der Waals surface area contributed by atoms with Crippen molar-refractivity contribution in [3.63, 3.8) is 0 Å². The molecule has 2 N–H and O–H groups in total. The van der Waals surface area contributed by atoms with E-state index in [-0.39, 0.29) is 12.5 Å². The second-order valence-corrected chi connectivity index (χ2v) is 4.09. The number of nitrogen functional groups attached to an aromatic ring is 1. The predicted octanol–water partition coefficient (Wildman–Crippen LogP) is -0.165. The first kappa shape index (κ1) is 12.4. The molecule has 0 aliphatic heterocycles. The van der Waals surface area contributed by atoms with E-state index >= 15 is 0 Å². The van der Waals surface area contributed by atoms with Gasteiger partial charge >= 0.3 is 0 Å². The quantitative estimate of drug-likeness (QED) is 0.776. The van der Waals surface area contributed by atoms with Gasteiger partial charge in [-0.2, -0.15) is 5.10 Å². The van der Waals surface area contributed by atoms with Crippen molar-refractivity contribution in [2.45, 2.75) is 6.92 Å². The Labute approximate surface area is 95.6 Å². The first-order valence-corrected chi connectivity index (χ1v) is 5.05. The maximum atomic E-state index is 11.6. The summed E-state index contributed by atoms with van der Waals surface area (Å²) in [4.78, 5) is 14.9. The number of aromatic nitrogens is 2. The molecule has 0 bridgehead atoms. The molecule has 6 nitrogen and oxygen atoms in total. The van der Waals surface area contributed by atoms with Gasteiger partial charge in [-0.3, -0.25) is 9.48 Å². The van der Waals surface area contributed by atoms with Gasteiger partial charge in [0, 0.05) is 28.2 Å². The van der Waals surface area contributed by atoms with Gasteiger partial charge in [0.25, 0.3) is 0 Å². The molecule has 1 aromatic rings. The lowest BCUT2D eigenvalue weighted by Crippen LogP contribution is -2.35. The summed E-state index contributed by atoms with van der Waals surface area (Å²) in [5, 5.41) is 4.21. The van der Waals surface area contributed by atoms with Crippen LogP contribution in [-0.2, 0) is 11.8 Å². The van der Waals surface area contributed by atoms with Crippen LogP contribution in [0.2, 0.25) is 0 Å². The van der Waals surface area contributed by atoms with Crippen molar-refractivity contribution in [2.75, 3.05) is 38.3 Å². The molecule has 1 heterocycles. The number of likely N-dealkylation sites (N-methyl/N-ethyl adjacent to an activating group) is 2. The van der Waals surface area contributed by atoms with Crippen LogP contribution in [0.5, 0.6) is 0 Å². The zero-order chi connectivity index (χ0) is 12.5. The Morgan fingerprint density at radius 3 is 2.38 bits per heavy atom. The number of rotatable bonds is 3. The van der Waals surface area contributed by atoms with E-state index in [2.05, 4.69) is 5.10 Å². The highest BCUT2D eigenvalue weighted by atomic mass is 16.2. The van der Waals surface area contributed by atoms with Gasteiger partial charge in [-0.15, -0.1) is 0 Å². The van der Waals surface area contributed by atoms with Gasteiger partial charge in [-0.05, 0) is 6.92 Å². The topological polar surface area (TPSA) is 67.4 Å². The average molecular weight is 225 g/mol. The Morgan fingerprint density at radius 1 is 1.44 bits per heavy atom. The normalized spacial score (nSPS) is 10.3. The lowest BCUT2D eigenvalue weighted by molar-refractivity contribution is -0.127. The standard InChI is InChI=1S/C10H19N5O/c1-7-9(11)10(15(5)12-7)14(4)6-8(16)13(2)3/h6,11H2,1-5H3. The molecule has 0 atom stereocenters. The maximum absolute atomic E-state index is 11.6. The lowest BCUT2D eigenvalue weighted by Gasteiger charge is -2.21. The molecule has 0 radical (unpaired) electrons. The van der Waals surface area contributed by atoms with Gasteiger partial charge in [-0.25, -0.2) is 0 Å². The molecule has 1 amide bonds. The number of nitrogens with zero attached hydrogens (tertiary/aromatic N) is 4. The van der Waals surface area contributed by atoms with Crippen molar-refractivity contribution < 1.29 is 4.79 Å². The highest BCUT2D eigenvalue weighted by molar-refractivity contribution is 5.82. The third-order valence-corrected chi connectivity index (χ3v) is 2.47. The van der Waals surface area contributed by atoms with Crippen molar-refractivity contribution in [3.05, 3.63) is 5.69 Å². The molecule has 0 unspecified atom stereocenters. The Balaban J connectivity index is 2.88. The van der Waals surface area contributed by atoms with Crippen LogP contribution in [0, 0.1) is 6.92 Å². The summed E-state index contributed by atoms with van der Waals surface area (Å²) in [5.41, 5.74) is 7.31. The van der Waals surface area contributed by atoms with Crippen molar-refractivity contribution in [2.24, 2.45) is 7.05 Å². The van der Waals surface area contributed by atoms with E-state index in [0.29, 0.717) is 5.69 Å². The number of hydrogen-bond acceptors (Lipinski definition) is 4. The number of nitrogens with two attached hydrogens (primary N) is 1. The molecular formula is C10H19N5O. The highest BCUT2D eigenvalue weighted by Crippen LogP contribution is 2.24. The summed E-state index contributed by atoms with van der Waals surface area (Å²) in [5.74, 6) is 0.799. The van der Waals surface area contributed by atoms with Crippen molar-refractivity contribution in [1.29, 1.82) is 0 Å². The minimum Gasteiger partial charge on any atom is -0.394 e. The van der Waals surface area contributed by atoms with Gasteiger partial charge in [0.2, 0.25) is 5.91 Å². The number of carbonyl (C=O) groups excluding carboxylic acids is 1. The van der Waals surface area contributed by atoms with Gasteiger partial charge < -0.3 is 15.5 Å². The van der Waals surface area contributed by atoms with Crippen LogP contribution in [0.15, 0.2) is 0 Å². The summed E-state index contributed by atoms with van der Waals surface area (Å²) in [6, 6.07) is 0. The minimum atomic E-state index is 0.0285. The van der Waals surface area contributed by atoms with Crippen LogP contribution < -0.4 is 10.6 Å². The highest BCUT2D eigenvalue weighted by Gasteiger charge is 2.17. The molecule has 0 saturated heterocycles. The fourth-order valence-electron chi connectivity index (χ4n) is 1.53. The molecule has 1 rings (SSSR count). The Kier molecular flexibility index (Phi) is 3.41. The van der Waals surface area contributed by atoms with E-state index in [0.717, 1.165) is 11.5 Å². The zero-order valence-electron chi connectivity index (χ0n) is 10.5. The molecule has 1 aromatic heterocycles. The van der Waals surface area contributed by atoms with Crippen LogP contribution in [0.25, 0.3) is 0 Å². The third-order valence-electron chi connectivity index (χ3n) is 2.47. The van der Waals surface area contributed by atoms with Crippen molar-refractivity contribution >= 4 is 17.4 Å². The van der Waals surface area contributed by atoms with E-state index in [9.17, 15) is 4.79 Å². The van der Waals surface area contributed by atoms with E-state index < -0.39 is 0 Å². The van der Waals surface area contributed by atoms with E-state index in [1.165, 1.54) is 0 Å². The SMILES string of the molecule is Cc1nn(C)c(N(C)CC(=O)N(C)C)c1N. The van der Waals surface area contributed by atoms with Gasteiger partial charge in [-0.1, -0.05) is 0 Å². The van der Waals surface area contributed by atoms with Gasteiger partial charge in [0.15, 0.2) is 5.82 Å². The first-order chi connectivity index (χ1) is 7.34. The Morgan fingerprint density at radius 2 is 2.00 bits per heavy atom. The summed E-state index contributed by atoms with van der Waals surface area (Å²) in [7, 11) is 7.10. The molecule has 90 valence electrons. The second-order valence-electron chi connectivity index (χ2n) is 4.09. The fourth-order valence-corrected chi connectivity index (χ4v) is 1.53. The minimum absolute atomic E-state index is 0.0285. The fraction of sp³-hybridized carbons (Fsp3) is 0.600. The molecular weight excluding hydrogens is 206 g/mol. The largest absolute Gasteiger partial charge is 0.394 e. The summed E-state index contributed by atoms with van der Waals surface area (Å²) < 4.78 is 1.69. The summed E-state index contributed by atoms with van der Waals surface area (Å²) in [6.45, 7) is 2.14. The molecule has 0 saturated carbocycles. The van der Waals surface area contributed by atoms with Crippen LogP contribution in [0.3, 0.4) is 0 Å². The molecule has 0 aliphatic rings. The zero-order valence-corrected chi connectivity index (χ0v) is 10.5. The van der Waals surface area contributed by atoms with Crippen LogP contribution >= 0.6 is 0 Å². The van der Waals surface area contributed by atoms with E-state index in [4.69, 9.17) is 5.73 Å². The molecule has 0 aliphatic carbocycles. The van der Waals surface area contributed by atoms with Crippen LogP contribution in [-0.4, -0.2) is 48.3 Å². The first-order valence-electron chi connectivity index (χ1n) is 5.05. The van der Waals surface area contributed by atoms with Gasteiger partial charge in [0.05, 0.1) is 17.9 Å². The molecule has 0 fully saturated rings. The van der Waals surface area contributed by atoms with Gasteiger partial charge in [0.1, 0.15) is 0 Å². The molecule has 0 spiro atoms. The third kappa shape index (κ3) is 2.26. The van der Waals surface area contributed by atoms with Crippen molar-refractivity contribution in [1.82, 2.24) is 14.7 Å².